The number of nitrogens with zero attached hydrogens (tertiary/aromatic N) is 1. The fourth-order valence-electron chi connectivity index (χ4n) is 3.62. The molecule has 26 heavy (non-hydrogen) atoms. The molecule has 0 aliphatic carbocycles. The second kappa shape index (κ2) is 7.89. The van der Waals surface area contributed by atoms with Gasteiger partial charge in [-0.1, -0.05) is 42.5 Å². The third kappa shape index (κ3) is 4.06. The summed E-state index contributed by atoms with van der Waals surface area (Å²) in [6.07, 6.45) is 0.637. The number of benzene rings is 2. The van der Waals surface area contributed by atoms with E-state index in [-0.39, 0.29) is 12.5 Å². The van der Waals surface area contributed by atoms with E-state index in [0.29, 0.717) is 26.1 Å². The number of nitrogens with one attached hydrogen (secondary N) is 1. The number of β-amino-alcohol motifs (C(OH)–C–C–N with tert-alkyl or cyclic N) is 1. The van der Waals surface area contributed by atoms with Crippen LogP contribution in [0.3, 0.4) is 0 Å². The molecule has 138 valence electrons. The lowest BCUT2D eigenvalue weighted by Crippen LogP contribution is -2.38. The van der Waals surface area contributed by atoms with Crippen molar-refractivity contribution in [2.45, 2.75) is 25.5 Å². The molecule has 3 rings (SSSR count). The molecule has 2 aromatic rings. The lowest BCUT2D eigenvalue weighted by molar-refractivity contribution is -0.122. The summed E-state index contributed by atoms with van der Waals surface area (Å²) in [5, 5.41) is 13.9. The van der Waals surface area contributed by atoms with Crippen LogP contribution in [0.1, 0.15) is 23.1 Å². The highest BCUT2D eigenvalue weighted by atomic mass is 16.5. The van der Waals surface area contributed by atoms with Gasteiger partial charge in [0, 0.05) is 25.2 Å². The third-order valence-corrected chi connectivity index (χ3v) is 5.01. The molecule has 1 fully saturated rings. The minimum Gasteiger partial charge on any atom is -0.496 e. The Bertz CT molecular complexity index is 777. The van der Waals surface area contributed by atoms with Gasteiger partial charge in [0.25, 0.3) is 0 Å². The van der Waals surface area contributed by atoms with Crippen molar-refractivity contribution in [3.05, 3.63) is 65.2 Å². The molecule has 0 unspecified atom stereocenters. The molecule has 0 aromatic heterocycles. The minimum absolute atomic E-state index is 0.0510. The number of hydrogen-bond donors (Lipinski definition) is 2. The standard InChI is InChI=1S/C21H26N2O3/c1-16-7-3-5-9-18(16)21(25)11-12-23(15-21)14-20(24)22-13-17-8-4-6-10-19(17)26-2/h3-10,25H,11-15H2,1-2H3,(H,22,24)/t21-/m1/s1. The first-order chi connectivity index (χ1) is 12.5. The molecule has 2 aromatic carbocycles. The highest BCUT2D eigenvalue weighted by molar-refractivity contribution is 5.78. The molecule has 1 saturated heterocycles. The first-order valence-electron chi connectivity index (χ1n) is 8.91. The van der Waals surface area contributed by atoms with E-state index in [0.717, 1.165) is 22.4 Å². The van der Waals surface area contributed by atoms with Crippen molar-refractivity contribution in [3.63, 3.8) is 0 Å². The summed E-state index contributed by atoms with van der Waals surface area (Å²) in [6.45, 7) is 3.89. The molecule has 0 bridgehead atoms. The Hall–Kier alpha value is -2.37. The number of likely N-dealkylation sites (tertiary alicyclic amines) is 1. The summed E-state index contributed by atoms with van der Waals surface area (Å²) in [6, 6.07) is 15.5. The van der Waals surface area contributed by atoms with E-state index in [1.165, 1.54) is 0 Å². The topological polar surface area (TPSA) is 61.8 Å². The van der Waals surface area contributed by atoms with Crippen LogP contribution in [0, 0.1) is 6.92 Å². The molecule has 1 aliphatic heterocycles. The number of methoxy groups -OCH3 is 1. The number of hydrogen-bond acceptors (Lipinski definition) is 4. The molecule has 1 amide bonds. The van der Waals surface area contributed by atoms with Crippen molar-refractivity contribution in [1.82, 2.24) is 10.2 Å². The van der Waals surface area contributed by atoms with Gasteiger partial charge in [0.15, 0.2) is 0 Å². The van der Waals surface area contributed by atoms with E-state index >= 15 is 0 Å². The normalized spacial score (nSPS) is 20.1. The molecule has 5 nitrogen and oxygen atoms in total. The summed E-state index contributed by atoms with van der Waals surface area (Å²) in [5.41, 5.74) is 2.10. The van der Waals surface area contributed by atoms with Gasteiger partial charge in [-0.25, -0.2) is 0 Å². The van der Waals surface area contributed by atoms with Gasteiger partial charge in [0.2, 0.25) is 5.91 Å². The predicted molar refractivity (Wildman–Crippen MR) is 101 cm³/mol. The lowest BCUT2D eigenvalue weighted by Gasteiger charge is -2.25. The summed E-state index contributed by atoms with van der Waals surface area (Å²) < 4.78 is 5.30. The van der Waals surface area contributed by atoms with Crippen LogP contribution in [0.15, 0.2) is 48.5 Å². The Labute approximate surface area is 154 Å². The maximum atomic E-state index is 12.3. The molecule has 1 atom stereocenters. The molecule has 0 saturated carbocycles. The van der Waals surface area contributed by atoms with Crippen LogP contribution in [0.2, 0.25) is 0 Å². The predicted octanol–water partition coefficient (Wildman–Crippen LogP) is 2.21. The summed E-state index contributed by atoms with van der Waals surface area (Å²) in [5.74, 6) is 0.716. The zero-order valence-corrected chi connectivity index (χ0v) is 15.4. The smallest absolute Gasteiger partial charge is 0.234 e. The van der Waals surface area contributed by atoms with E-state index in [1.54, 1.807) is 7.11 Å². The van der Waals surface area contributed by atoms with Crippen LogP contribution in [0.25, 0.3) is 0 Å². The first kappa shape index (κ1) is 18.4. The fraction of sp³-hybridized carbons (Fsp3) is 0.381. The Morgan fingerprint density at radius 3 is 2.73 bits per heavy atom. The van der Waals surface area contributed by atoms with Gasteiger partial charge < -0.3 is 15.2 Å². The van der Waals surface area contributed by atoms with E-state index in [2.05, 4.69) is 5.32 Å². The van der Waals surface area contributed by atoms with E-state index in [9.17, 15) is 9.90 Å². The Balaban J connectivity index is 1.55. The van der Waals surface area contributed by atoms with Gasteiger partial charge in [-0.2, -0.15) is 0 Å². The zero-order chi connectivity index (χ0) is 18.6. The SMILES string of the molecule is COc1ccccc1CNC(=O)CN1CC[C@](O)(c2ccccc2C)C1. The molecule has 0 spiro atoms. The van der Waals surface area contributed by atoms with Crippen molar-refractivity contribution in [2.75, 3.05) is 26.7 Å². The van der Waals surface area contributed by atoms with Crippen molar-refractivity contribution >= 4 is 5.91 Å². The number of carbonyl (C=O) groups excluding carboxylic acids is 1. The van der Waals surface area contributed by atoms with Gasteiger partial charge >= 0.3 is 0 Å². The molecule has 2 N–H and O–H groups in total. The summed E-state index contributed by atoms with van der Waals surface area (Å²) in [7, 11) is 1.62. The number of ether oxygens (including phenoxy) is 1. The number of rotatable bonds is 6. The van der Waals surface area contributed by atoms with E-state index in [4.69, 9.17) is 4.74 Å². The van der Waals surface area contributed by atoms with Crippen LogP contribution < -0.4 is 10.1 Å². The summed E-state index contributed by atoms with van der Waals surface area (Å²) >= 11 is 0. The van der Waals surface area contributed by atoms with Crippen LogP contribution in [0.4, 0.5) is 0 Å². The van der Waals surface area contributed by atoms with Crippen molar-refractivity contribution < 1.29 is 14.6 Å². The summed E-state index contributed by atoms with van der Waals surface area (Å²) in [4.78, 5) is 14.3. The van der Waals surface area contributed by atoms with Gasteiger partial charge in [-0.3, -0.25) is 9.69 Å². The van der Waals surface area contributed by atoms with Crippen LogP contribution in [-0.2, 0) is 16.9 Å². The number of amides is 1. The fourth-order valence-corrected chi connectivity index (χ4v) is 3.62. The highest BCUT2D eigenvalue weighted by Crippen LogP contribution is 2.33. The number of aryl methyl sites for hydroxylation is 1. The maximum Gasteiger partial charge on any atom is 0.234 e. The highest BCUT2D eigenvalue weighted by Gasteiger charge is 2.38. The average Bonchev–Trinajstić information content (AvgIpc) is 3.02. The van der Waals surface area contributed by atoms with Gasteiger partial charge in [0.1, 0.15) is 11.4 Å². The van der Waals surface area contributed by atoms with Crippen molar-refractivity contribution in [1.29, 1.82) is 0 Å². The van der Waals surface area contributed by atoms with Crippen LogP contribution in [-0.4, -0.2) is 42.7 Å². The molecule has 5 heteroatoms. The van der Waals surface area contributed by atoms with E-state index < -0.39 is 5.60 Å². The Morgan fingerprint density at radius 2 is 1.96 bits per heavy atom. The van der Waals surface area contributed by atoms with Crippen molar-refractivity contribution in [3.8, 4) is 5.75 Å². The van der Waals surface area contributed by atoms with Gasteiger partial charge in [-0.05, 0) is 30.5 Å². The van der Waals surface area contributed by atoms with Crippen LogP contribution >= 0.6 is 0 Å². The van der Waals surface area contributed by atoms with E-state index in [1.807, 2.05) is 60.4 Å². The van der Waals surface area contributed by atoms with Crippen LogP contribution in [0.5, 0.6) is 5.75 Å². The monoisotopic (exact) mass is 354 g/mol. The third-order valence-electron chi connectivity index (χ3n) is 5.01. The largest absolute Gasteiger partial charge is 0.496 e. The number of aliphatic hydroxyl groups is 1. The van der Waals surface area contributed by atoms with Crippen molar-refractivity contribution in [2.24, 2.45) is 0 Å². The molecular formula is C21H26N2O3. The quantitative estimate of drug-likeness (QED) is 0.835. The molecular weight excluding hydrogens is 328 g/mol. The molecule has 0 radical (unpaired) electrons. The number of para-hydroxylation sites is 1. The Morgan fingerprint density at radius 1 is 1.23 bits per heavy atom. The second-order valence-corrected chi connectivity index (χ2v) is 6.90. The Kier molecular flexibility index (Phi) is 5.59. The lowest BCUT2D eigenvalue weighted by atomic mass is 9.89. The molecule has 1 heterocycles. The second-order valence-electron chi connectivity index (χ2n) is 6.90. The minimum atomic E-state index is -0.881. The number of carbonyl (C=O) groups is 1. The van der Waals surface area contributed by atoms with Gasteiger partial charge in [0.05, 0.1) is 13.7 Å². The molecule has 1 aliphatic rings. The first-order valence-corrected chi connectivity index (χ1v) is 8.91. The zero-order valence-electron chi connectivity index (χ0n) is 15.4. The average molecular weight is 354 g/mol. The van der Waals surface area contributed by atoms with Gasteiger partial charge in [-0.15, -0.1) is 0 Å². The maximum absolute atomic E-state index is 12.3.